The molecule has 140 valence electrons. The average Bonchev–Trinajstić information content (AvgIpc) is 2.63. The van der Waals surface area contributed by atoms with Crippen LogP contribution >= 0.6 is 12.2 Å². The van der Waals surface area contributed by atoms with Gasteiger partial charge in [0.2, 0.25) is 0 Å². The lowest BCUT2D eigenvalue weighted by molar-refractivity contribution is 0.400. The molecule has 0 radical (unpaired) electrons. The van der Waals surface area contributed by atoms with Crippen molar-refractivity contribution >= 4 is 17.3 Å². The number of thiocarbonyl (C=S) groups is 1. The van der Waals surface area contributed by atoms with E-state index in [0.29, 0.717) is 5.11 Å². The first-order valence-corrected chi connectivity index (χ1v) is 9.43. The molecule has 0 aliphatic heterocycles. The summed E-state index contributed by atoms with van der Waals surface area (Å²) in [5, 5.41) is 7.17. The minimum atomic E-state index is -0.246. The van der Waals surface area contributed by atoms with Gasteiger partial charge in [-0.3, -0.25) is 0 Å². The van der Waals surface area contributed by atoms with Crippen LogP contribution < -0.4 is 10.6 Å². The van der Waals surface area contributed by atoms with E-state index in [0.717, 1.165) is 37.1 Å². The molecule has 3 nitrogen and oxygen atoms in total. The maximum absolute atomic E-state index is 13.7. The lowest BCUT2D eigenvalue weighted by Crippen LogP contribution is -2.39. The predicted molar refractivity (Wildman–Crippen MR) is 111 cm³/mol. The highest BCUT2D eigenvalue weighted by Crippen LogP contribution is 2.23. The van der Waals surface area contributed by atoms with Gasteiger partial charge in [-0.25, -0.2) is 4.39 Å². The molecule has 0 amide bonds. The van der Waals surface area contributed by atoms with Crippen molar-refractivity contribution in [3.05, 3.63) is 71.0 Å². The van der Waals surface area contributed by atoms with E-state index in [9.17, 15) is 4.39 Å². The van der Waals surface area contributed by atoms with E-state index in [4.69, 9.17) is 12.2 Å². The molecule has 2 aromatic carbocycles. The molecule has 26 heavy (non-hydrogen) atoms. The van der Waals surface area contributed by atoms with Crippen molar-refractivity contribution in [2.24, 2.45) is 0 Å². The molecule has 0 fully saturated rings. The van der Waals surface area contributed by atoms with Crippen LogP contribution in [0.4, 0.5) is 4.39 Å². The van der Waals surface area contributed by atoms with E-state index in [1.807, 2.05) is 6.07 Å². The van der Waals surface area contributed by atoms with Crippen LogP contribution in [0.5, 0.6) is 0 Å². The molecule has 2 rings (SSSR count). The van der Waals surface area contributed by atoms with Gasteiger partial charge >= 0.3 is 0 Å². The first kappa shape index (κ1) is 20.3. The van der Waals surface area contributed by atoms with Crippen molar-refractivity contribution in [2.45, 2.75) is 25.8 Å². The Hall–Kier alpha value is -1.98. The molecule has 5 heteroatoms. The van der Waals surface area contributed by atoms with E-state index in [2.05, 4.69) is 60.8 Å². The number of hydrogen-bond acceptors (Lipinski definition) is 2. The fourth-order valence-corrected chi connectivity index (χ4v) is 2.99. The zero-order chi connectivity index (χ0) is 18.9. The van der Waals surface area contributed by atoms with Crippen molar-refractivity contribution in [2.75, 3.05) is 27.2 Å². The summed E-state index contributed by atoms with van der Waals surface area (Å²) >= 11 is 5.46. The largest absolute Gasteiger partial charge is 0.363 e. The van der Waals surface area contributed by atoms with Gasteiger partial charge in [0.15, 0.2) is 5.11 Å². The first-order valence-electron chi connectivity index (χ1n) is 9.03. The quantitative estimate of drug-likeness (QED) is 0.542. The lowest BCUT2D eigenvalue weighted by Gasteiger charge is -2.22. The molecule has 1 atom stereocenters. The van der Waals surface area contributed by atoms with E-state index in [1.165, 1.54) is 11.6 Å². The summed E-state index contributed by atoms with van der Waals surface area (Å²) in [6, 6.07) is 14.8. The standard InChI is InChI=1S/C21H28FN3S/c1-4-16-9-11-17(12-10-16)20(18-7-5-8-19(22)15-18)24-21(26)23-13-6-14-25(2)3/h5,7-12,15,20H,4,6,13-14H2,1-3H3,(H2,23,24,26)/t20-/m0/s1. The molecule has 0 aliphatic rings. The molecule has 0 spiro atoms. The summed E-state index contributed by atoms with van der Waals surface area (Å²) in [6.07, 6.45) is 1.99. The average molecular weight is 374 g/mol. The minimum Gasteiger partial charge on any atom is -0.363 e. The molecular weight excluding hydrogens is 345 g/mol. The zero-order valence-electron chi connectivity index (χ0n) is 15.8. The third-order valence-electron chi connectivity index (χ3n) is 4.25. The number of nitrogens with zero attached hydrogens (tertiary/aromatic N) is 1. The lowest BCUT2D eigenvalue weighted by atomic mass is 9.97. The van der Waals surface area contributed by atoms with Crippen LogP contribution in [0.2, 0.25) is 0 Å². The fourth-order valence-electron chi connectivity index (χ4n) is 2.77. The van der Waals surface area contributed by atoms with Gasteiger partial charge in [0.25, 0.3) is 0 Å². The normalized spacial score (nSPS) is 12.0. The van der Waals surface area contributed by atoms with E-state index < -0.39 is 0 Å². The van der Waals surface area contributed by atoms with Crippen LogP contribution in [0, 0.1) is 5.82 Å². The Kier molecular flexibility index (Phi) is 8.01. The van der Waals surface area contributed by atoms with Crippen LogP contribution in [-0.2, 0) is 6.42 Å². The van der Waals surface area contributed by atoms with E-state index >= 15 is 0 Å². The second-order valence-electron chi connectivity index (χ2n) is 6.64. The molecule has 2 aromatic rings. The van der Waals surface area contributed by atoms with Crippen molar-refractivity contribution in [1.29, 1.82) is 0 Å². The van der Waals surface area contributed by atoms with Crippen molar-refractivity contribution in [3.63, 3.8) is 0 Å². The van der Waals surface area contributed by atoms with Crippen LogP contribution in [0.15, 0.2) is 48.5 Å². The van der Waals surface area contributed by atoms with Crippen LogP contribution in [0.25, 0.3) is 0 Å². The highest BCUT2D eigenvalue weighted by atomic mass is 32.1. The topological polar surface area (TPSA) is 27.3 Å². The second-order valence-corrected chi connectivity index (χ2v) is 7.05. The number of halogens is 1. The molecule has 0 bridgehead atoms. The van der Waals surface area contributed by atoms with Crippen LogP contribution in [-0.4, -0.2) is 37.2 Å². The Balaban J connectivity index is 2.11. The maximum atomic E-state index is 13.7. The van der Waals surface area contributed by atoms with Crippen LogP contribution in [0.1, 0.15) is 36.1 Å². The number of nitrogens with one attached hydrogen (secondary N) is 2. The Labute approximate surface area is 161 Å². The number of rotatable bonds is 8. The summed E-state index contributed by atoms with van der Waals surface area (Å²) in [5.74, 6) is -0.246. The van der Waals surface area contributed by atoms with E-state index in [-0.39, 0.29) is 11.9 Å². The molecule has 0 saturated carbocycles. The molecule has 0 unspecified atom stereocenters. The van der Waals surface area contributed by atoms with Gasteiger partial charge in [-0.15, -0.1) is 0 Å². The smallest absolute Gasteiger partial charge is 0.167 e. The Morgan fingerprint density at radius 3 is 2.46 bits per heavy atom. The third kappa shape index (κ3) is 6.39. The maximum Gasteiger partial charge on any atom is 0.167 e. The predicted octanol–water partition coefficient (Wildman–Crippen LogP) is 3.89. The first-order chi connectivity index (χ1) is 12.5. The molecule has 0 saturated heterocycles. The van der Waals surface area contributed by atoms with Gasteiger partial charge in [-0.2, -0.15) is 0 Å². The number of hydrogen-bond donors (Lipinski definition) is 2. The summed E-state index contributed by atoms with van der Waals surface area (Å²) in [6.45, 7) is 3.93. The van der Waals surface area contributed by atoms with Crippen molar-refractivity contribution in [3.8, 4) is 0 Å². The Bertz CT molecular complexity index is 701. The van der Waals surface area contributed by atoms with Crippen molar-refractivity contribution in [1.82, 2.24) is 15.5 Å². The summed E-state index contributed by atoms with van der Waals surface area (Å²) < 4.78 is 13.7. The third-order valence-corrected chi connectivity index (χ3v) is 4.51. The summed E-state index contributed by atoms with van der Waals surface area (Å²) in [5.41, 5.74) is 3.19. The van der Waals surface area contributed by atoms with Gasteiger partial charge in [0.05, 0.1) is 6.04 Å². The second kappa shape index (κ2) is 10.2. The van der Waals surface area contributed by atoms with Gasteiger partial charge in [0.1, 0.15) is 5.82 Å². The molecule has 0 aromatic heterocycles. The molecule has 0 aliphatic carbocycles. The number of aryl methyl sites for hydroxylation is 1. The molecule has 0 heterocycles. The Morgan fingerprint density at radius 1 is 1.12 bits per heavy atom. The Morgan fingerprint density at radius 2 is 1.85 bits per heavy atom. The summed E-state index contributed by atoms with van der Waals surface area (Å²) in [4.78, 5) is 2.14. The minimum absolute atomic E-state index is 0.189. The fraction of sp³-hybridized carbons (Fsp3) is 0.381. The zero-order valence-corrected chi connectivity index (χ0v) is 16.6. The van der Waals surface area contributed by atoms with Crippen LogP contribution in [0.3, 0.4) is 0 Å². The monoisotopic (exact) mass is 373 g/mol. The highest BCUT2D eigenvalue weighted by Gasteiger charge is 2.16. The van der Waals surface area contributed by atoms with Gasteiger partial charge in [0, 0.05) is 6.54 Å². The summed E-state index contributed by atoms with van der Waals surface area (Å²) in [7, 11) is 4.10. The van der Waals surface area contributed by atoms with Crippen molar-refractivity contribution < 1.29 is 4.39 Å². The van der Waals surface area contributed by atoms with E-state index in [1.54, 1.807) is 12.1 Å². The number of benzene rings is 2. The molecular formula is C21H28FN3S. The van der Waals surface area contributed by atoms with Gasteiger partial charge in [-0.1, -0.05) is 43.3 Å². The molecule has 2 N–H and O–H groups in total. The SMILES string of the molecule is CCc1ccc([C@H](NC(=S)NCCCN(C)C)c2cccc(F)c2)cc1. The highest BCUT2D eigenvalue weighted by molar-refractivity contribution is 7.80. The van der Waals surface area contributed by atoms with Gasteiger partial charge < -0.3 is 15.5 Å². The van der Waals surface area contributed by atoms with Gasteiger partial charge in [-0.05, 0) is 74.5 Å².